The summed E-state index contributed by atoms with van der Waals surface area (Å²) in [5, 5.41) is 3.19. The van der Waals surface area contributed by atoms with E-state index in [0.29, 0.717) is 18.7 Å². The van der Waals surface area contributed by atoms with E-state index in [4.69, 9.17) is 9.47 Å². The molecule has 0 heterocycles. The van der Waals surface area contributed by atoms with Crippen LogP contribution in [0.5, 0.6) is 11.5 Å². The van der Waals surface area contributed by atoms with E-state index in [1.54, 1.807) is 24.1 Å². The lowest BCUT2D eigenvalue weighted by Gasteiger charge is -2.32. The third kappa shape index (κ3) is 7.49. The molecule has 0 radical (unpaired) electrons. The molecule has 1 aliphatic rings. The van der Waals surface area contributed by atoms with Gasteiger partial charge in [-0.15, -0.1) is 0 Å². The van der Waals surface area contributed by atoms with Crippen LogP contribution in [0.25, 0.3) is 0 Å². The normalized spacial score (nSPS) is 14.9. The second-order valence-corrected chi connectivity index (χ2v) is 9.30. The summed E-state index contributed by atoms with van der Waals surface area (Å²) in [6.07, 6.45) is 6.02. The van der Waals surface area contributed by atoms with Gasteiger partial charge in [-0.3, -0.25) is 9.59 Å². The average Bonchev–Trinajstić information content (AvgIpc) is 2.84. The third-order valence-electron chi connectivity index (χ3n) is 6.03. The molecule has 2 aromatic rings. The Hall–Kier alpha value is -2.54. The van der Waals surface area contributed by atoms with E-state index >= 15 is 0 Å². The lowest BCUT2D eigenvalue weighted by Crippen LogP contribution is -2.52. The number of methoxy groups -OCH3 is 1. The summed E-state index contributed by atoms with van der Waals surface area (Å²) in [5.41, 5.74) is 0.928. The molecule has 0 saturated heterocycles. The molecular weight excluding hydrogens is 484 g/mol. The first-order valence-electron chi connectivity index (χ1n) is 11.6. The first kappa shape index (κ1) is 25.1. The van der Waals surface area contributed by atoms with Crippen molar-refractivity contribution in [1.29, 1.82) is 0 Å². The molecule has 0 bridgehead atoms. The minimum Gasteiger partial charge on any atom is -0.497 e. The number of amides is 2. The monoisotopic (exact) mass is 516 g/mol. The van der Waals surface area contributed by atoms with Gasteiger partial charge in [0.25, 0.3) is 5.91 Å². The highest BCUT2D eigenvalue weighted by Gasteiger charge is 2.30. The van der Waals surface area contributed by atoms with Crippen molar-refractivity contribution in [3.8, 4) is 11.5 Å². The predicted molar refractivity (Wildman–Crippen MR) is 132 cm³/mol. The number of carbonyl (C=O) groups is 2. The van der Waals surface area contributed by atoms with Gasteiger partial charge in [-0.2, -0.15) is 0 Å². The Morgan fingerprint density at radius 2 is 1.67 bits per heavy atom. The van der Waals surface area contributed by atoms with Gasteiger partial charge in [-0.05, 0) is 61.2 Å². The molecule has 3 rings (SSSR count). The van der Waals surface area contributed by atoms with Crippen LogP contribution in [0, 0.1) is 0 Å². The second kappa shape index (κ2) is 12.6. The van der Waals surface area contributed by atoms with Crippen LogP contribution in [-0.2, 0) is 16.1 Å². The molecule has 33 heavy (non-hydrogen) atoms. The third-order valence-corrected chi connectivity index (χ3v) is 6.55. The Morgan fingerprint density at radius 3 is 2.27 bits per heavy atom. The highest BCUT2D eigenvalue weighted by atomic mass is 79.9. The molecule has 1 aliphatic carbocycles. The van der Waals surface area contributed by atoms with E-state index in [-0.39, 0.29) is 24.5 Å². The quantitative estimate of drug-likeness (QED) is 0.477. The summed E-state index contributed by atoms with van der Waals surface area (Å²) in [6, 6.07) is 14.5. The number of benzene rings is 2. The zero-order valence-electron chi connectivity index (χ0n) is 19.4. The average molecular weight is 517 g/mol. The molecule has 178 valence electrons. The van der Waals surface area contributed by atoms with Gasteiger partial charge in [-0.25, -0.2) is 0 Å². The highest BCUT2D eigenvalue weighted by molar-refractivity contribution is 9.10. The van der Waals surface area contributed by atoms with Crippen molar-refractivity contribution in [2.75, 3.05) is 13.7 Å². The summed E-state index contributed by atoms with van der Waals surface area (Å²) in [5.74, 6) is 1.04. The number of hydrogen-bond acceptors (Lipinski definition) is 4. The topological polar surface area (TPSA) is 67.9 Å². The van der Waals surface area contributed by atoms with Gasteiger partial charge in [0.2, 0.25) is 5.91 Å². The standard InChI is InChI=1S/C26H33BrN2O4/c1-3-24(26(31)28-21-7-5-4-6-8-21)29(17-19-9-13-22(32-2)14-10-19)25(30)18-33-23-15-11-20(27)12-16-23/h9-16,21,24H,3-8,17-18H2,1-2H3,(H,28,31)/t24-/m0/s1. The molecule has 1 N–H and O–H groups in total. The van der Waals surface area contributed by atoms with Gasteiger partial charge in [0.05, 0.1) is 7.11 Å². The number of halogens is 1. The Bertz CT molecular complexity index is 896. The number of carbonyl (C=O) groups excluding carboxylic acids is 2. The predicted octanol–water partition coefficient (Wildman–Crippen LogP) is 5.09. The molecule has 0 aliphatic heterocycles. The van der Waals surface area contributed by atoms with Crippen LogP contribution >= 0.6 is 15.9 Å². The van der Waals surface area contributed by atoms with Crippen molar-refractivity contribution < 1.29 is 19.1 Å². The summed E-state index contributed by atoms with van der Waals surface area (Å²) in [7, 11) is 1.62. The molecule has 0 aromatic heterocycles. The number of hydrogen-bond donors (Lipinski definition) is 1. The van der Waals surface area contributed by atoms with Gasteiger partial charge in [0.1, 0.15) is 17.5 Å². The lowest BCUT2D eigenvalue weighted by atomic mass is 9.95. The SMILES string of the molecule is CC[C@@H](C(=O)NC1CCCCC1)N(Cc1ccc(OC)cc1)C(=O)COc1ccc(Br)cc1. The maximum absolute atomic E-state index is 13.3. The Labute approximate surface area is 204 Å². The van der Waals surface area contributed by atoms with E-state index in [9.17, 15) is 9.59 Å². The van der Waals surface area contributed by atoms with Crippen LogP contribution in [0.2, 0.25) is 0 Å². The Balaban J connectivity index is 1.74. The molecule has 2 aromatic carbocycles. The number of ether oxygens (including phenoxy) is 2. The van der Waals surface area contributed by atoms with E-state index in [2.05, 4.69) is 21.2 Å². The smallest absolute Gasteiger partial charge is 0.261 e. The van der Waals surface area contributed by atoms with Crippen LogP contribution in [0.1, 0.15) is 51.0 Å². The highest BCUT2D eigenvalue weighted by Crippen LogP contribution is 2.21. The van der Waals surface area contributed by atoms with Gasteiger partial charge in [-0.1, -0.05) is 54.2 Å². The molecule has 1 fully saturated rings. The van der Waals surface area contributed by atoms with E-state index in [1.165, 1.54) is 6.42 Å². The fraction of sp³-hybridized carbons (Fsp3) is 0.462. The maximum atomic E-state index is 13.3. The Kier molecular flexibility index (Phi) is 9.61. The van der Waals surface area contributed by atoms with Crippen LogP contribution in [-0.4, -0.2) is 42.5 Å². The van der Waals surface area contributed by atoms with Gasteiger partial charge < -0.3 is 19.7 Å². The Morgan fingerprint density at radius 1 is 1.03 bits per heavy atom. The molecule has 7 heteroatoms. The summed E-state index contributed by atoms with van der Waals surface area (Å²) in [4.78, 5) is 28.2. The molecule has 1 atom stereocenters. The van der Waals surface area contributed by atoms with Crippen LogP contribution < -0.4 is 14.8 Å². The van der Waals surface area contributed by atoms with Crippen molar-refractivity contribution in [3.05, 3.63) is 58.6 Å². The molecule has 0 spiro atoms. The summed E-state index contributed by atoms with van der Waals surface area (Å²) in [6.45, 7) is 2.13. The largest absolute Gasteiger partial charge is 0.497 e. The first-order chi connectivity index (χ1) is 16.0. The van der Waals surface area contributed by atoms with Gasteiger partial charge in [0.15, 0.2) is 6.61 Å². The lowest BCUT2D eigenvalue weighted by molar-refractivity contribution is -0.143. The summed E-state index contributed by atoms with van der Waals surface area (Å²) < 4.78 is 11.9. The van der Waals surface area contributed by atoms with Crippen LogP contribution in [0.4, 0.5) is 0 Å². The van der Waals surface area contributed by atoms with Crippen LogP contribution in [0.15, 0.2) is 53.0 Å². The number of nitrogens with zero attached hydrogens (tertiary/aromatic N) is 1. The minimum atomic E-state index is -0.560. The van der Waals surface area contributed by atoms with E-state index in [0.717, 1.165) is 41.5 Å². The molecular formula is C26H33BrN2O4. The zero-order valence-corrected chi connectivity index (χ0v) is 21.0. The van der Waals surface area contributed by atoms with E-state index in [1.807, 2.05) is 43.3 Å². The fourth-order valence-electron chi connectivity index (χ4n) is 4.15. The second-order valence-electron chi connectivity index (χ2n) is 8.38. The zero-order chi connectivity index (χ0) is 23.6. The van der Waals surface area contributed by atoms with E-state index < -0.39 is 6.04 Å². The molecule has 1 saturated carbocycles. The maximum Gasteiger partial charge on any atom is 0.261 e. The van der Waals surface area contributed by atoms with Gasteiger partial charge >= 0.3 is 0 Å². The molecule has 2 amide bonds. The minimum absolute atomic E-state index is 0.0881. The van der Waals surface area contributed by atoms with Gasteiger partial charge in [0, 0.05) is 17.1 Å². The molecule has 0 unspecified atom stereocenters. The number of nitrogens with one attached hydrogen (secondary N) is 1. The van der Waals surface area contributed by atoms with Crippen molar-refractivity contribution in [2.45, 2.75) is 64.1 Å². The van der Waals surface area contributed by atoms with Crippen molar-refractivity contribution in [1.82, 2.24) is 10.2 Å². The number of rotatable bonds is 10. The van der Waals surface area contributed by atoms with Crippen molar-refractivity contribution in [2.24, 2.45) is 0 Å². The fourth-order valence-corrected chi connectivity index (χ4v) is 4.41. The molecule has 6 nitrogen and oxygen atoms in total. The van der Waals surface area contributed by atoms with Crippen molar-refractivity contribution >= 4 is 27.7 Å². The van der Waals surface area contributed by atoms with Crippen LogP contribution in [0.3, 0.4) is 0 Å². The summed E-state index contributed by atoms with van der Waals surface area (Å²) >= 11 is 3.40. The first-order valence-corrected chi connectivity index (χ1v) is 12.4. The van der Waals surface area contributed by atoms with Crippen molar-refractivity contribution in [3.63, 3.8) is 0 Å².